The number of hydrogen-bond acceptors (Lipinski definition) is 2. The first-order chi connectivity index (χ1) is 8.81. The van der Waals surface area contributed by atoms with Crippen LogP contribution >= 0.6 is 0 Å². The van der Waals surface area contributed by atoms with E-state index in [0.29, 0.717) is 0 Å². The summed E-state index contributed by atoms with van der Waals surface area (Å²) in [5, 5.41) is 4.67. The summed E-state index contributed by atoms with van der Waals surface area (Å²) in [6, 6.07) is 10.4. The lowest BCUT2D eigenvalue weighted by Gasteiger charge is -2.08. The van der Waals surface area contributed by atoms with Crippen molar-refractivity contribution >= 4 is 16.7 Å². The maximum absolute atomic E-state index is 4.64. The monoisotopic (exact) mass is 242 g/mol. The number of unbranched alkanes of at least 4 members (excludes halogenated alkanes) is 3. The quantitative estimate of drug-likeness (QED) is 0.752. The van der Waals surface area contributed by atoms with Crippen molar-refractivity contribution in [2.24, 2.45) is 0 Å². The Kier molecular flexibility index (Phi) is 4.57. The molecule has 0 spiro atoms. The van der Waals surface area contributed by atoms with Crippen LogP contribution in [0.25, 0.3) is 10.9 Å². The fraction of sp³-hybridized carbons (Fsp3) is 0.438. The Bertz CT molecular complexity index is 505. The van der Waals surface area contributed by atoms with Crippen LogP contribution in [0.15, 0.2) is 30.3 Å². The molecule has 96 valence electrons. The van der Waals surface area contributed by atoms with Crippen molar-refractivity contribution < 1.29 is 0 Å². The molecule has 0 bridgehead atoms. The van der Waals surface area contributed by atoms with Gasteiger partial charge in [0.05, 0.1) is 5.52 Å². The Morgan fingerprint density at radius 1 is 1.11 bits per heavy atom. The number of anilines is 1. The first kappa shape index (κ1) is 12.9. The molecule has 0 saturated heterocycles. The molecule has 0 saturated carbocycles. The standard InChI is InChI=1S/C16H22N2/c1-3-4-5-8-11-17-16-12-13(2)14-9-6-7-10-15(14)18-16/h6-7,9-10,12H,3-5,8,11H2,1-2H3,(H,17,18). The molecule has 1 aromatic carbocycles. The zero-order chi connectivity index (χ0) is 12.8. The van der Waals surface area contributed by atoms with Crippen LogP contribution in [-0.4, -0.2) is 11.5 Å². The fourth-order valence-electron chi connectivity index (χ4n) is 2.21. The summed E-state index contributed by atoms with van der Waals surface area (Å²) in [7, 11) is 0. The average molecular weight is 242 g/mol. The van der Waals surface area contributed by atoms with Gasteiger partial charge in [0, 0.05) is 11.9 Å². The molecule has 1 aromatic heterocycles. The van der Waals surface area contributed by atoms with Crippen LogP contribution in [0.5, 0.6) is 0 Å². The predicted octanol–water partition coefficient (Wildman–Crippen LogP) is 4.54. The summed E-state index contributed by atoms with van der Waals surface area (Å²) in [5.74, 6) is 1.00. The molecule has 1 heterocycles. The molecule has 0 amide bonds. The molecule has 1 N–H and O–H groups in total. The molecule has 0 fully saturated rings. The second kappa shape index (κ2) is 6.39. The predicted molar refractivity (Wildman–Crippen MR) is 79.1 cm³/mol. The van der Waals surface area contributed by atoms with Crippen LogP contribution in [0, 0.1) is 6.92 Å². The van der Waals surface area contributed by atoms with E-state index in [2.05, 4.69) is 48.4 Å². The highest BCUT2D eigenvalue weighted by Gasteiger charge is 2.01. The van der Waals surface area contributed by atoms with Crippen molar-refractivity contribution in [1.29, 1.82) is 0 Å². The molecule has 2 rings (SSSR count). The first-order valence-electron chi connectivity index (χ1n) is 6.91. The summed E-state index contributed by atoms with van der Waals surface area (Å²) in [6.07, 6.45) is 5.14. The smallest absolute Gasteiger partial charge is 0.126 e. The Morgan fingerprint density at radius 3 is 2.78 bits per heavy atom. The minimum atomic E-state index is 1.00. The summed E-state index contributed by atoms with van der Waals surface area (Å²) < 4.78 is 0. The van der Waals surface area contributed by atoms with E-state index in [0.717, 1.165) is 17.9 Å². The number of para-hydroxylation sites is 1. The van der Waals surface area contributed by atoms with Crippen molar-refractivity contribution in [1.82, 2.24) is 4.98 Å². The van der Waals surface area contributed by atoms with Crippen LogP contribution in [0.4, 0.5) is 5.82 Å². The van der Waals surface area contributed by atoms with Gasteiger partial charge in [-0.3, -0.25) is 0 Å². The third-order valence-corrected chi connectivity index (χ3v) is 3.26. The number of pyridine rings is 1. The Hall–Kier alpha value is -1.57. The summed E-state index contributed by atoms with van der Waals surface area (Å²) in [5.41, 5.74) is 2.37. The van der Waals surface area contributed by atoms with Crippen LogP contribution in [-0.2, 0) is 0 Å². The van der Waals surface area contributed by atoms with Crippen LogP contribution < -0.4 is 5.32 Å². The molecule has 2 nitrogen and oxygen atoms in total. The average Bonchev–Trinajstić information content (AvgIpc) is 2.39. The number of hydrogen-bond donors (Lipinski definition) is 1. The molecular weight excluding hydrogens is 220 g/mol. The number of rotatable bonds is 6. The van der Waals surface area contributed by atoms with Gasteiger partial charge in [0.2, 0.25) is 0 Å². The third kappa shape index (κ3) is 3.22. The largest absolute Gasteiger partial charge is 0.370 e. The lowest BCUT2D eigenvalue weighted by Crippen LogP contribution is -2.03. The van der Waals surface area contributed by atoms with Crippen molar-refractivity contribution in [3.05, 3.63) is 35.9 Å². The number of aryl methyl sites for hydroxylation is 1. The highest BCUT2D eigenvalue weighted by Crippen LogP contribution is 2.19. The Labute approximate surface area is 109 Å². The zero-order valence-electron chi connectivity index (χ0n) is 11.4. The van der Waals surface area contributed by atoms with Gasteiger partial charge < -0.3 is 5.32 Å². The summed E-state index contributed by atoms with van der Waals surface area (Å²) in [4.78, 5) is 4.64. The van der Waals surface area contributed by atoms with Crippen LogP contribution in [0.3, 0.4) is 0 Å². The number of nitrogens with one attached hydrogen (secondary N) is 1. The van der Waals surface area contributed by atoms with Crippen LogP contribution in [0.1, 0.15) is 38.2 Å². The number of nitrogens with zero attached hydrogens (tertiary/aromatic N) is 1. The normalized spacial score (nSPS) is 10.8. The molecule has 18 heavy (non-hydrogen) atoms. The maximum Gasteiger partial charge on any atom is 0.126 e. The minimum Gasteiger partial charge on any atom is -0.370 e. The molecule has 0 aliphatic carbocycles. The maximum atomic E-state index is 4.64. The Balaban J connectivity index is 2.01. The molecule has 0 aliphatic rings. The summed E-state index contributed by atoms with van der Waals surface area (Å²) in [6.45, 7) is 5.40. The second-order valence-electron chi connectivity index (χ2n) is 4.83. The van der Waals surface area contributed by atoms with E-state index < -0.39 is 0 Å². The van der Waals surface area contributed by atoms with Gasteiger partial charge in [0.25, 0.3) is 0 Å². The minimum absolute atomic E-state index is 1.00. The van der Waals surface area contributed by atoms with Crippen molar-refractivity contribution in [3.63, 3.8) is 0 Å². The third-order valence-electron chi connectivity index (χ3n) is 3.26. The van der Waals surface area contributed by atoms with E-state index in [4.69, 9.17) is 0 Å². The lowest BCUT2D eigenvalue weighted by atomic mass is 10.1. The zero-order valence-corrected chi connectivity index (χ0v) is 11.4. The van der Waals surface area contributed by atoms with Crippen molar-refractivity contribution in [2.45, 2.75) is 39.5 Å². The molecular formula is C16H22N2. The fourth-order valence-corrected chi connectivity index (χ4v) is 2.21. The number of aromatic nitrogens is 1. The highest BCUT2D eigenvalue weighted by molar-refractivity contribution is 5.83. The Morgan fingerprint density at radius 2 is 1.94 bits per heavy atom. The first-order valence-corrected chi connectivity index (χ1v) is 6.91. The van der Waals surface area contributed by atoms with Gasteiger partial charge in [0.1, 0.15) is 5.82 Å². The van der Waals surface area contributed by atoms with Gasteiger partial charge in [-0.2, -0.15) is 0 Å². The molecule has 0 unspecified atom stereocenters. The summed E-state index contributed by atoms with van der Waals surface area (Å²) >= 11 is 0. The van der Waals surface area contributed by atoms with Gasteiger partial charge in [-0.25, -0.2) is 4.98 Å². The SMILES string of the molecule is CCCCCCNc1cc(C)c2ccccc2n1. The topological polar surface area (TPSA) is 24.9 Å². The molecule has 0 aliphatic heterocycles. The number of fused-ring (bicyclic) bond motifs is 1. The van der Waals surface area contributed by atoms with E-state index >= 15 is 0 Å². The van der Waals surface area contributed by atoms with Crippen LogP contribution in [0.2, 0.25) is 0 Å². The van der Waals surface area contributed by atoms with Crippen molar-refractivity contribution in [3.8, 4) is 0 Å². The van der Waals surface area contributed by atoms with E-state index in [9.17, 15) is 0 Å². The lowest BCUT2D eigenvalue weighted by molar-refractivity contribution is 0.684. The molecule has 0 radical (unpaired) electrons. The van der Waals surface area contributed by atoms with E-state index in [1.54, 1.807) is 0 Å². The molecule has 0 atom stereocenters. The van der Waals surface area contributed by atoms with E-state index in [1.165, 1.54) is 36.6 Å². The highest BCUT2D eigenvalue weighted by atomic mass is 15.0. The molecule has 2 aromatic rings. The second-order valence-corrected chi connectivity index (χ2v) is 4.83. The van der Waals surface area contributed by atoms with Gasteiger partial charge in [-0.05, 0) is 31.0 Å². The van der Waals surface area contributed by atoms with Crippen molar-refractivity contribution in [2.75, 3.05) is 11.9 Å². The van der Waals surface area contributed by atoms with E-state index in [1.807, 2.05) is 6.07 Å². The van der Waals surface area contributed by atoms with Gasteiger partial charge in [-0.1, -0.05) is 44.4 Å². The van der Waals surface area contributed by atoms with Gasteiger partial charge in [0.15, 0.2) is 0 Å². The van der Waals surface area contributed by atoms with Gasteiger partial charge in [-0.15, -0.1) is 0 Å². The molecule has 2 heteroatoms. The number of benzene rings is 1. The van der Waals surface area contributed by atoms with E-state index in [-0.39, 0.29) is 0 Å². The van der Waals surface area contributed by atoms with Gasteiger partial charge >= 0.3 is 0 Å².